The summed E-state index contributed by atoms with van der Waals surface area (Å²) in [6.07, 6.45) is 0. The van der Waals surface area contributed by atoms with Gasteiger partial charge >= 0.3 is 0 Å². The molecule has 2 unspecified atom stereocenters. The molecule has 7 heavy (non-hydrogen) atoms. The van der Waals surface area contributed by atoms with Crippen LogP contribution in [0, 0.1) is 0 Å². The molecule has 0 N–H and O–H groups in total. The van der Waals surface area contributed by atoms with Crippen molar-refractivity contribution >= 4 is 63.1 Å². The van der Waals surface area contributed by atoms with Crippen molar-refractivity contribution in [3.05, 3.63) is 0 Å². The second kappa shape index (κ2) is 23.6. The Morgan fingerprint density at radius 1 is 1.43 bits per heavy atom. The van der Waals surface area contributed by atoms with Crippen LogP contribution in [0.2, 0.25) is 0 Å². The van der Waals surface area contributed by atoms with Crippen LogP contribution < -0.4 is 0 Å². The molecule has 0 heterocycles. The van der Waals surface area contributed by atoms with Crippen LogP contribution in [-0.2, 0) is 44.7 Å². The number of halogens is 2. The maximum Gasteiger partial charge on any atom is 0.274 e. The minimum atomic E-state index is 0. The van der Waals surface area contributed by atoms with E-state index in [0.717, 1.165) is 0 Å². The van der Waals surface area contributed by atoms with Crippen molar-refractivity contribution in [2.24, 2.45) is 0 Å². The molecule has 0 saturated heterocycles. The molecule has 0 aromatic heterocycles. The zero-order chi connectivity index (χ0) is 5.41. The fourth-order valence-corrected chi connectivity index (χ4v) is 0. The Morgan fingerprint density at radius 2 is 1.43 bits per heavy atom. The van der Waals surface area contributed by atoms with Gasteiger partial charge in [-0.1, -0.05) is 0 Å². The molecule has 0 aliphatic rings. The number of hydrogen-bond donors (Lipinski definition) is 0. The van der Waals surface area contributed by atoms with Gasteiger partial charge in [0.15, 0.2) is 34.9 Å². The maximum absolute atomic E-state index is 4.84. The van der Waals surface area contributed by atoms with Gasteiger partial charge in [0.2, 0.25) is 21.5 Å². The van der Waals surface area contributed by atoms with Crippen LogP contribution in [0.15, 0.2) is 0 Å². The van der Waals surface area contributed by atoms with Crippen LogP contribution in [0.4, 0.5) is 0 Å². The van der Waals surface area contributed by atoms with Gasteiger partial charge in [0.1, 0.15) is 0 Å². The second-order valence-corrected chi connectivity index (χ2v) is 5.69. The first-order valence-electron chi connectivity index (χ1n) is 0.786. The molecule has 0 rings (SSSR count). The topological polar surface area (TPSA) is 0 Å². The standard InChI is InChI=1S/BrPS.ClPS.Pt/c2*1-2-3;/p+2. The quantitative estimate of drug-likeness (QED) is 0.534. The Morgan fingerprint density at radius 3 is 1.43 bits per heavy atom. The first-order chi connectivity index (χ1) is 2.83. The Hall–Kier alpha value is 2.50. The number of hydrogen-bond acceptors (Lipinski definition) is 2. The van der Waals surface area contributed by atoms with Crippen molar-refractivity contribution in [1.29, 1.82) is 0 Å². The zero-order valence-corrected chi connectivity index (χ0v) is 11.1. The molecular formula is H2BrClP2PtS2+2. The van der Waals surface area contributed by atoms with Gasteiger partial charge in [-0.25, -0.2) is 0 Å². The van der Waals surface area contributed by atoms with Crippen LogP contribution in [0.25, 0.3) is 0 Å². The summed E-state index contributed by atoms with van der Waals surface area (Å²) >= 11 is 16.4. The van der Waals surface area contributed by atoms with E-state index in [0.29, 0.717) is 6.06 Å². The summed E-state index contributed by atoms with van der Waals surface area (Å²) in [5.74, 6) is 0. The molecule has 0 aromatic rings. The van der Waals surface area contributed by atoms with E-state index in [9.17, 15) is 0 Å². The molecule has 7 heteroatoms. The molecular weight excluding hydrogens is 437 g/mol. The Bertz CT molecular complexity index is 36.7. The maximum atomic E-state index is 4.84. The van der Waals surface area contributed by atoms with Gasteiger partial charge in [-0.2, -0.15) is 0 Å². The van der Waals surface area contributed by atoms with E-state index in [1.807, 2.05) is 0 Å². The molecule has 0 fully saturated rings. The molecule has 0 nitrogen and oxygen atoms in total. The van der Waals surface area contributed by atoms with E-state index >= 15 is 0 Å². The Balaban J connectivity index is -0.0000000400. The van der Waals surface area contributed by atoms with Crippen molar-refractivity contribution in [3.8, 4) is 0 Å². The fourth-order valence-electron chi connectivity index (χ4n) is 0. The van der Waals surface area contributed by atoms with E-state index in [1.54, 1.807) is 0 Å². The number of rotatable bonds is 0. The summed E-state index contributed by atoms with van der Waals surface area (Å²) in [4.78, 5) is 0. The zero-order valence-electron chi connectivity index (χ0n) is 2.89. The molecule has 0 spiro atoms. The smallest absolute Gasteiger partial charge is 0 e. The monoisotopic (exact) mass is 437 g/mol. The van der Waals surface area contributed by atoms with Gasteiger partial charge in [0.25, 0.3) is 6.71 Å². The molecule has 0 aliphatic heterocycles. The first kappa shape index (κ1) is 16.2. The van der Waals surface area contributed by atoms with E-state index in [4.69, 9.17) is 11.2 Å². The molecule has 0 aromatic carbocycles. The van der Waals surface area contributed by atoms with Crippen molar-refractivity contribution in [3.63, 3.8) is 0 Å². The summed E-state index contributed by atoms with van der Waals surface area (Å²) in [5, 5.41) is 0. The average molecular weight is 439 g/mol. The molecule has 0 bridgehead atoms. The van der Waals surface area contributed by atoms with Crippen molar-refractivity contribution in [1.82, 2.24) is 0 Å². The predicted molar refractivity (Wildman–Crippen MR) is 46.1 cm³/mol. The van der Waals surface area contributed by atoms with Crippen molar-refractivity contribution in [2.75, 3.05) is 0 Å². The van der Waals surface area contributed by atoms with Crippen molar-refractivity contribution < 1.29 is 21.1 Å². The van der Waals surface area contributed by atoms with Gasteiger partial charge in [0, 0.05) is 21.1 Å². The van der Waals surface area contributed by atoms with Crippen LogP contribution in [-0.4, -0.2) is 0 Å². The van der Waals surface area contributed by atoms with Gasteiger partial charge in [-0.05, 0) is 0 Å². The largest absolute Gasteiger partial charge is 0.274 e. The molecule has 46 valence electrons. The SMILES string of the molecule is S=[PH+]Br.S=[PH+]Cl.[Pt]. The predicted octanol–water partition coefficient (Wildman–Crippen LogP) is 2.71. The summed E-state index contributed by atoms with van der Waals surface area (Å²) in [6.45, 7) is 0.139. The Labute approximate surface area is 83.2 Å². The van der Waals surface area contributed by atoms with E-state index in [-0.39, 0.29) is 27.8 Å². The summed E-state index contributed by atoms with van der Waals surface area (Å²) in [6, 6.07) is 0.479. The van der Waals surface area contributed by atoms with E-state index in [1.165, 1.54) is 0 Å². The van der Waals surface area contributed by atoms with E-state index < -0.39 is 0 Å². The molecule has 0 amide bonds. The summed E-state index contributed by atoms with van der Waals surface area (Å²) < 4.78 is 0. The van der Waals surface area contributed by atoms with Crippen LogP contribution in [0.5, 0.6) is 0 Å². The van der Waals surface area contributed by atoms with Crippen LogP contribution in [0.1, 0.15) is 0 Å². The van der Waals surface area contributed by atoms with Gasteiger partial charge in [0.05, 0.1) is 0 Å². The van der Waals surface area contributed by atoms with Gasteiger partial charge < -0.3 is 0 Å². The third-order valence-corrected chi connectivity index (χ3v) is 0. The van der Waals surface area contributed by atoms with Crippen LogP contribution in [0.3, 0.4) is 0 Å². The van der Waals surface area contributed by atoms with Gasteiger partial charge in [-0.15, -0.1) is 0 Å². The third-order valence-electron chi connectivity index (χ3n) is 0. The average Bonchev–Trinajstić information content (AvgIpc) is 1.39. The fraction of sp³-hybridized carbons (Fsp3) is 0. The van der Waals surface area contributed by atoms with Gasteiger partial charge in [-0.3, -0.25) is 0 Å². The molecule has 2 atom stereocenters. The van der Waals surface area contributed by atoms with E-state index in [2.05, 4.69) is 39.1 Å². The minimum absolute atomic E-state index is 0. The van der Waals surface area contributed by atoms with Crippen LogP contribution >= 0.6 is 39.5 Å². The summed E-state index contributed by atoms with van der Waals surface area (Å²) in [5.41, 5.74) is 0. The normalized spacial score (nSPS) is 6.00. The van der Waals surface area contributed by atoms with Crippen molar-refractivity contribution in [2.45, 2.75) is 0 Å². The molecule has 0 radical (unpaired) electrons. The third kappa shape index (κ3) is 57.5. The summed E-state index contributed by atoms with van der Waals surface area (Å²) in [7, 11) is 0. The minimum Gasteiger partial charge on any atom is 0 e. The molecule has 0 aliphatic carbocycles. The second-order valence-electron chi connectivity index (χ2n) is 0.154. The Kier molecular flexibility index (Phi) is 54.8. The molecule has 0 saturated carbocycles. The first-order valence-corrected chi connectivity index (χ1v) is 8.32.